The van der Waals surface area contributed by atoms with Gasteiger partial charge in [0.15, 0.2) is 40.5 Å². The molecule has 0 atom stereocenters. The van der Waals surface area contributed by atoms with Crippen molar-refractivity contribution in [1.82, 2.24) is 10.1 Å². The minimum absolute atomic E-state index is 0.308. The lowest BCUT2D eigenvalue weighted by atomic mass is 10.1. The number of hydrogen-bond donors (Lipinski definition) is 1. The molecule has 5 rings (SSSR count). The predicted octanol–water partition coefficient (Wildman–Crippen LogP) is 5.81. The molecule has 0 unspecified atom stereocenters. The van der Waals surface area contributed by atoms with E-state index in [2.05, 4.69) is 15.5 Å². The SMILES string of the molecule is COc1ccc(-c2cc(-c3cc(OC)c(OC)c(OC)c3)no2)cc1OCC(=O)Nc1nc2ccc(F)cc2s1. The molecule has 0 spiro atoms. The van der Waals surface area contributed by atoms with E-state index in [0.717, 1.165) is 0 Å². The summed E-state index contributed by atoms with van der Waals surface area (Å²) in [4.78, 5) is 16.8. The number of aromatic nitrogens is 2. The van der Waals surface area contributed by atoms with Crippen LogP contribution in [-0.2, 0) is 4.79 Å². The van der Waals surface area contributed by atoms with E-state index in [0.29, 0.717) is 66.7 Å². The molecule has 0 radical (unpaired) electrons. The van der Waals surface area contributed by atoms with Crippen LogP contribution in [0.3, 0.4) is 0 Å². The number of ether oxygens (including phenoxy) is 5. The molecule has 206 valence electrons. The molecule has 1 amide bonds. The first kappa shape index (κ1) is 26.8. The summed E-state index contributed by atoms with van der Waals surface area (Å²) in [6.45, 7) is -0.308. The van der Waals surface area contributed by atoms with Gasteiger partial charge in [-0.15, -0.1) is 0 Å². The second-order valence-corrected chi connectivity index (χ2v) is 9.35. The Labute approximate surface area is 232 Å². The Balaban J connectivity index is 1.33. The number of carbonyl (C=O) groups excluding carboxylic acids is 1. The van der Waals surface area contributed by atoms with Gasteiger partial charge in [-0.3, -0.25) is 10.1 Å². The monoisotopic (exact) mass is 565 g/mol. The van der Waals surface area contributed by atoms with Crippen LogP contribution in [0.5, 0.6) is 28.7 Å². The van der Waals surface area contributed by atoms with E-state index in [4.69, 9.17) is 28.2 Å². The van der Waals surface area contributed by atoms with Gasteiger partial charge in [-0.1, -0.05) is 16.5 Å². The maximum atomic E-state index is 13.5. The Hall–Kier alpha value is -4.84. The van der Waals surface area contributed by atoms with Crippen LogP contribution in [0, 0.1) is 5.82 Å². The smallest absolute Gasteiger partial charge is 0.264 e. The lowest BCUT2D eigenvalue weighted by Gasteiger charge is -2.13. The predicted molar refractivity (Wildman–Crippen MR) is 147 cm³/mol. The first-order chi connectivity index (χ1) is 19.4. The third-order valence-electron chi connectivity index (χ3n) is 5.87. The molecule has 0 bridgehead atoms. The number of anilines is 1. The number of benzene rings is 3. The molecule has 0 saturated heterocycles. The summed E-state index contributed by atoms with van der Waals surface area (Å²) >= 11 is 1.17. The number of halogens is 1. The van der Waals surface area contributed by atoms with Crippen molar-refractivity contribution in [2.45, 2.75) is 0 Å². The molecular formula is C28H24FN3O7S. The summed E-state index contributed by atoms with van der Waals surface area (Å²) in [6.07, 6.45) is 0. The molecule has 2 aromatic heterocycles. The van der Waals surface area contributed by atoms with Gasteiger partial charge in [0.05, 0.1) is 38.7 Å². The van der Waals surface area contributed by atoms with Crippen molar-refractivity contribution >= 4 is 32.6 Å². The molecule has 40 heavy (non-hydrogen) atoms. The van der Waals surface area contributed by atoms with Gasteiger partial charge < -0.3 is 28.2 Å². The fraction of sp³-hybridized carbons (Fsp3) is 0.179. The number of methoxy groups -OCH3 is 4. The molecule has 3 aromatic carbocycles. The van der Waals surface area contributed by atoms with Crippen molar-refractivity contribution in [3.05, 3.63) is 60.4 Å². The Morgan fingerprint density at radius 1 is 0.875 bits per heavy atom. The summed E-state index contributed by atoms with van der Waals surface area (Å²) in [6, 6.07) is 14.7. The second kappa shape index (κ2) is 11.5. The molecule has 10 nitrogen and oxygen atoms in total. The zero-order valence-corrected chi connectivity index (χ0v) is 22.8. The van der Waals surface area contributed by atoms with Crippen molar-refractivity contribution in [3.8, 4) is 51.3 Å². The van der Waals surface area contributed by atoms with E-state index in [9.17, 15) is 9.18 Å². The van der Waals surface area contributed by atoms with Gasteiger partial charge in [0, 0.05) is 17.2 Å². The first-order valence-electron chi connectivity index (χ1n) is 11.9. The molecule has 0 aliphatic carbocycles. The highest BCUT2D eigenvalue weighted by molar-refractivity contribution is 7.22. The summed E-state index contributed by atoms with van der Waals surface area (Å²) < 4.78 is 47.1. The quantitative estimate of drug-likeness (QED) is 0.224. The second-order valence-electron chi connectivity index (χ2n) is 8.32. The maximum absolute atomic E-state index is 13.5. The van der Waals surface area contributed by atoms with E-state index < -0.39 is 5.91 Å². The molecule has 0 aliphatic heterocycles. The molecular weight excluding hydrogens is 541 g/mol. The van der Waals surface area contributed by atoms with E-state index in [1.165, 1.54) is 51.9 Å². The average molecular weight is 566 g/mol. The van der Waals surface area contributed by atoms with Crippen LogP contribution in [-0.4, -0.2) is 51.1 Å². The van der Waals surface area contributed by atoms with Gasteiger partial charge >= 0.3 is 0 Å². The normalized spacial score (nSPS) is 10.8. The molecule has 0 saturated carbocycles. The van der Waals surface area contributed by atoms with Gasteiger partial charge in [0.2, 0.25) is 5.75 Å². The Morgan fingerprint density at radius 2 is 1.60 bits per heavy atom. The van der Waals surface area contributed by atoms with Crippen LogP contribution in [0.25, 0.3) is 32.8 Å². The van der Waals surface area contributed by atoms with Crippen molar-refractivity contribution < 1.29 is 37.4 Å². The zero-order chi connectivity index (χ0) is 28.2. The number of amides is 1. The number of nitrogens with zero attached hydrogens (tertiary/aromatic N) is 2. The third kappa shape index (κ3) is 5.47. The van der Waals surface area contributed by atoms with Crippen molar-refractivity contribution in [2.24, 2.45) is 0 Å². The minimum atomic E-state index is -0.434. The molecule has 2 heterocycles. The number of rotatable bonds is 10. The van der Waals surface area contributed by atoms with E-state index in [1.54, 1.807) is 42.5 Å². The van der Waals surface area contributed by atoms with Gasteiger partial charge in [-0.25, -0.2) is 9.37 Å². The van der Waals surface area contributed by atoms with Gasteiger partial charge in [0.1, 0.15) is 11.5 Å². The van der Waals surface area contributed by atoms with Crippen LogP contribution in [0.1, 0.15) is 0 Å². The standard InChI is InChI=1S/C28H24FN3O7S/c1-34-20-8-5-15(21-13-19(32-39-21)16-10-23(35-2)27(37-4)24(11-16)36-3)9-22(20)38-14-26(33)31-28-30-18-7-6-17(29)12-25(18)40-28/h5-13H,14H2,1-4H3,(H,30,31,33). The number of fused-ring (bicyclic) bond motifs is 1. The summed E-state index contributed by atoms with van der Waals surface area (Å²) in [5.74, 6) is 1.85. The van der Waals surface area contributed by atoms with Crippen molar-refractivity contribution in [2.75, 3.05) is 40.4 Å². The molecule has 5 aromatic rings. The van der Waals surface area contributed by atoms with E-state index >= 15 is 0 Å². The maximum Gasteiger partial charge on any atom is 0.264 e. The fourth-order valence-corrected chi connectivity index (χ4v) is 4.88. The number of carbonyl (C=O) groups is 1. The highest BCUT2D eigenvalue weighted by Crippen LogP contribution is 2.42. The van der Waals surface area contributed by atoms with Crippen LogP contribution in [0.4, 0.5) is 9.52 Å². The topological polar surface area (TPSA) is 114 Å². The minimum Gasteiger partial charge on any atom is -0.493 e. The lowest BCUT2D eigenvalue weighted by Crippen LogP contribution is -2.20. The molecule has 1 N–H and O–H groups in total. The molecule has 0 fully saturated rings. The average Bonchev–Trinajstić information content (AvgIpc) is 3.62. The van der Waals surface area contributed by atoms with Crippen LogP contribution < -0.4 is 29.0 Å². The summed E-state index contributed by atoms with van der Waals surface area (Å²) in [5, 5.41) is 7.21. The highest BCUT2D eigenvalue weighted by Gasteiger charge is 2.18. The van der Waals surface area contributed by atoms with E-state index in [-0.39, 0.29) is 12.4 Å². The van der Waals surface area contributed by atoms with Crippen LogP contribution in [0.15, 0.2) is 59.1 Å². The van der Waals surface area contributed by atoms with Crippen molar-refractivity contribution in [1.29, 1.82) is 0 Å². The zero-order valence-electron chi connectivity index (χ0n) is 21.9. The Kier molecular flexibility index (Phi) is 7.69. The number of hydrogen-bond acceptors (Lipinski definition) is 10. The summed E-state index contributed by atoms with van der Waals surface area (Å²) in [7, 11) is 6.10. The van der Waals surface area contributed by atoms with Gasteiger partial charge in [-0.2, -0.15) is 0 Å². The van der Waals surface area contributed by atoms with Gasteiger partial charge in [0.25, 0.3) is 5.91 Å². The third-order valence-corrected chi connectivity index (χ3v) is 6.81. The van der Waals surface area contributed by atoms with Crippen LogP contribution >= 0.6 is 11.3 Å². The highest BCUT2D eigenvalue weighted by atomic mass is 32.1. The Morgan fingerprint density at radius 3 is 2.30 bits per heavy atom. The first-order valence-corrected chi connectivity index (χ1v) is 12.7. The Bertz CT molecular complexity index is 1660. The van der Waals surface area contributed by atoms with Crippen molar-refractivity contribution in [3.63, 3.8) is 0 Å². The number of thiazole rings is 1. The molecule has 0 aliphatic rings. The number of nitrogens with one attached hydrogen (secondary N) is 1. The fourth-order valence-electron chi connectivity index (χ4n) is 3.97. The lowest BCUT2D eigenvalue weighted by molar-refractivity contribution is -0.118. The summed E-state index contributed by atoms with van der Waals surface area (Å²) in [5.41, 5.74) is 2.48. The van der Waals surface area contributed by atoms with E-state index in [1.807, 2.05) is 0 Å². The van der Waals surface area contributed by atoms with Gasteiger partial charge in [-0.05, 0) is 48.5 Å². The van der Waals surface area contributed by atoms with Crippen LogP contribution in [0.2, 0.25) is 0 Å². The molecule has 12 heteroatoms. The largest absolute Gasteiger partial charge is 0.493 e.